The minimum Gasteiger partial charge on any atom is -0.454 e. The molecule has 3 aromatic heterocycles. The van der Waals surface area contributed by atoms with Gasteiger partial charge in [0.05, 0.1) is 15.0 Å². The predicted molar refractivity (Wildman–Crippen MR) is 140 cm³/mol. The van der Waals surface area contributed by atoms with Crippen LogP contribution in [0.1, 0.15) is 5.89 Å². The molecule has 5 aromatic rings. The molecule has 0 spiro atoms. The van der Waals surface area contributed by atoms with Gasteiger partial charge in [0.2, 0.25) is 5.89 Å². The number of sulfonamides is 1. The standard InChI is InChI=1S/C25H18F2N4O5S2/c1-4-38(33,34)30-15-6-8-20(36-21-7-5-14(26)9-19(21)27)16(10-15)18-12-31(3)25(32)17-11-22(37-23(17)18)24-29-28-13(2)35-24/h4-12,30H,1H2,2-3H3. The molecule has 0 bridgehead atoms. The average Bonchev–Trinajstić information content (AvgIpc) is 3.51. The number of rotatable bonds is 7. The highest BCUT2D eigenvalue weighted by Gasteiger charge is 2.21. The highest BCUT2D eigenvalue weighted by Crippen LogP contribution is 2.43. The Morgan fingerprint density at radius 2 is 1.87 bits per heavy atom. The van der Waals surface area contributed by atoms with Gasteiger partial charge in [0.15, 0.2) is 11.6 Å². The van der Waals surface area contributed by atoms with Crippen molar-refractivity contribution in [3.05, 3.63) is 88.5 Å². The van der Waals surface area contributed by atoms with Crippen molar-refractivity contribution < 1.29 is 26.4 Å². The summed E-state index contributed by atoms with van der Waals surface area (Å²) in [6.45, 7) is 4.93. The van der Waals surface area contributed by atoms with Crippen LogP contribution in [0.15, 0.2) is 69.9 Å². The Labute approximate surface area is 218 Å². The molecule has 194 valence electrons. The fourth-order valence-electron chi connectivity index (χ4n) is 3.72. The van der Waals surface area contributed by atoms with Gasteiger partial charge in [-0.25, -0.2) is 17.2 Å². The molecule has 0 atom stereocenters. The van der Waals surface area contributed by atoms with Gasteiger partial charge in [-0.05, 0) is 36.4 Å². The highest BCUT2D eigenvalue weighted by molar-refractivity contribution is 7.95. The maximum absolute atomic E-state index is 14.4. The zero-order valence-electron chi connectivity index (χ0n) is 19.9. The van der Waals surface area contributed by atoms with E-state index >= 15 is 0 Å². The second-order valence-electron chi connectivity index (χ2n) is 8.14. The van der Waals surface area contributed by atoms with Crippen LogP contribution in [0.3, 0.4) is 0 Å². The predicted octanol–water partition coefficient (Wildman–Crippen LogP) is 5.58. The Bertz CT molecular complexity index is 1890. The summed E-state index contributed by atoms with van der Waals surface area (Å²) in [5.74, 6) is -1.24. The number of halogens is 2. The quantitative estimate of drug-likeness (QED) is 0.278. The summed E-state index contributed by atoms with van der Waals surface area (Å²) in [7, 11) is -2.29. The number of benzene rings is 2. The van der Waals surface area contributed by atoms with Crippen molar-refractivity contribution in [2.24, 2.45) is 7.05 Å². The molecule has 5 rings (SSSR count). The normalized spacial score (nSPS) is 11.6. The lowest BCUT2D eigenvalue weighted by molar-refractivity contribution is 0.439. The molecular formula is C25H18F2N4O5S2. The van der Waals surface area contributed by atoms with Gasteiger partial charge in [0.1, 0.15) is 11.6 Å². The summed E-state index contributed by atoms with van der Waals surface area (Å²) in [4.78, 5) is 13.5. The number of aromatic nitrogens is 3. The molecule has 0 saturated carbocycles. The number of nitrogens with zero attached hydrogens (tertiary/aromatic N) is 3. The summed E-state index contributed by atoms with van der Waals surface area (Å²) in [5.41, 5.74) is 0.677. The van der Waals surface area contributed by atoms with Crippen molar-refractivity contribution in [3.63, 3.8) is 0 Å². The van der Waals surface area contributed by atoms with Crippen molar-refractivity contribution in [1.29, 1.82) is 0 Å². The van der Waals surface area contributed by atoms with E-state index in [4.69, 9.17) is 9.15 Å². The summed E-state index contributed by atoms with van der Waals surface area (Å²) in [5, 5.41) is 8.96. The maximum Gasteiger partial charge on any atom is 0.259 e. The first-order valence-electron chi connectivity index (χ1n) is 10.9. The zero-order chi connectivity index (χ0) is 27.2. The molecule has 38 heavy (non-hydrogen) atoms. The maximum atomic E-state index is 14.4. The smallest absolute Gasteiger partial charge is 0.259 e. The monoisotopic (exact) mass is 556 g/mol. The van der Waals surface area contributed by atoms with E-state index in [1.807, 2.05) is 0 Å². The van der Waals surface area contributed by atoms with Crippen molar-refractivity contribution in [2.75, 3.05) is 4.72 Å². The first-order valence-corrected chi connectivity index (χ1v) is 13.3. The van der Waals surface area contributed by atoms with E-state index in [1.165, 1.54) is 34.1 Å². The van der Waals surface area contributed by atoms with Crippen LogP contribution < -0.4 is 15.0 Å². The first-order chi connectivity index (χ1) is 18.0. The van der Waals surface area contributed by atoms with Crippen molar-refractivity contribution in [3.8, 4) is 33.4 Å². The van der Waals surface area contributed by atoms with Crippen LogP contribution in [0.2, 0.25) is 0 Å². The van der Waals surface area contributed by atoms with E-state index in [2.05, 4.69) is 21.5 Å². The fourth-order valence-corrected chi connectivity index (χ4v) is 5.35. The summed E-state index contributed by atoms with van der Waals surface area (Å²) < 4.78 is 67.8. The van der Waals surface area contributed by atoms with Crippen LogP contribution in [-0.4, -0.2) is 23.2 Å². The Balaban J connectivity index is 1.75. The lowest BCUT2D eigenvalue weighted by Gasteiger charge is -2.15. The SMILES string of the molecule is C=CS(=O)(=O)Nc1ccc(Oc2ccc(F)cc2F)c(-c2cn(C)c(=O)c3cc(-c4nnc(C)o4)sc23)c1. The van der Waals surface area contributed by atoms with Crippen LogP contribution in [0.5, 0.6) is 11.5 Å². The molecule has 0 aliphatic heterocycles. The second kappa shape index (κ2) is 9.50. The fraction of sp³-hybridized carbons (Fsp3) is 0.0800. The molecule has 9 nitrogen and oxygen atoms in total. The number of ether oxygens (including phenoxy) is 1. The first kappa shape index (κ1) is 25.3. The van der Waals surface area contributed by atoms with E-state index in [9.17, 15) is 22.0 Å². The van der Waals surface area contributed by atoms with E-state index in [0.717, 1.165) is 17.5 Å². The average molecular weight is 557 g/mol. The van der Waals surface area contributed by atoms with E-state index in [-0.39, 0.29) is 28.6 Å². The van der Waals surface area contributed by atoms with E-state index < -0.39 is 21.7 Å². The van der Waals surface area contributed by atoms with Crippen LogP contribution in [0.25, 0.3) is 32.0 Å². The van der Waals surface area contributed by atoms with Gasteiger partial charge in [-0.15, -0.1) is 21.5 Å². The summed E-state index contributed by atoms with van der Waals surface area (Å²) >= 11 is 1.21. The molecule has 0 fully saturated rings. The molecule has 3 heterocycles. The molecule has 0 radical (unpaired) electrons. The third-order valence-corrected chi connectivity index (χ3v) is 7.57. The molecule has 0 unspecified atom stereocenters. The molecule has 0 saturated heterocycles. The number of nitrogens with one attached hydrogen (secondary N) is 1. The number of pyridine rings is 1. The molecule has 0 aliphatic carbocycles. The van der Waals surface area contributed by atoms with Gasteiger partial charge in [-0.3, -0.25) is 9.52 Å². The summed E-state index contributed by atoms with van der Waals surface area (Å²) in [6, 6.07) is 8.83. The highest BCUT2D eigenvalue weighted by atomic mass is 32.2. The minimum atomic E-state index is -3.85. The third-order valence-electron chi connectivity index (χ3n) is 5.45. The molecule has 0 aliphatic rings. The Kier molecular flexibility index (Phi) is 6.33. The van der Waals surface area contributed by atoms with E-state index in [1.54, 1.807) is 26.2 Å². The Morgan fingerprint density at radius 1 is 1.11 bits per heavy atom. The number of fused-ring (bicyclic) bond motifs is 1. The van der Waals surface area contributed by atoms with Crippen LogP contribution in [-0.2, 0) is 17.1 Å². The zero-order valence-corrected chi connectivity index (χ0v) is 21.5. The van der Waals surface area contributed by atoms with Crippen LogP contribution in [0, 0.1) is 18.6 Å². The number of hydrogen-bond donors (Lipinski definition) is 1. The lowest BCUT2D eigenvalue weighted by Crippen LogP contribution is -2.15. The van der Waals surface area contributed by atoms with Crippen molar-refractivity contribution in [1.82, 2.24) is 14.8 Å². The number of anilines is 1. The number of hydrogen-bond acceptors (Lipinski definition) is 8. The minimum absolute atomic E-state index is 0.126. The second-order valence-corrected chi connectivity index (χ2v) is 10.8. The van der Waals surface area contributed by atoms with Gasteiger partial charge < -0.3 is 13.7 Å². The third kappa shape index (κ3) is 4.80. The number of aryl methyl sites for hydroxylation is 2. The molecule has 13 heteroatoms. The van der Waals surface area contributed by atoms with Crippen molar-refractivity contribution in [2.45, 2.75) is 6.92 Å². The number of thiophene rings is 1. The van der Waals surface area contributed by atoms with Crippen molar-refractivity contribution >= 4 is 37.1 Å². The van der Waals surface area contributed by atoms with Crippen LogP contribution in [0.4, 0.5) is 14.5 Å². The molecular weight excluding hydrogens is 538 g/mol. The lowest BCUT2D eigenvalue weighted by atomic mass is 10.0. The molecule has 2 aromatic carbocycles. The van der Waals surface area contributed by atoms with Gasteiger partial charge >= 0.3 is 0 Å². The topological polar surface area (TPSA) is 116 Å². The molecule has 0 amide bonds. The largest absolute Gasteiger partial charge is 0.454 e. The van der Waals surface area contributed by atoms with Crippen LogP contribution >= 0.6 is 11.3 Å². The summed E-state index contributed by atoms with van der Waals surface area (Å²) in [6.07, 6.45) is 1.55. The Morgan fingerprint density at radius 3 is 2.55 bits per heavy atom. The Hall–Kier alpha value is -4.36. The van der Waals surface area contributed by atoms with Gasteiger partial charge in [-0.1, -0.05) is 6.58 Å². The molecule has 1 N–H and O–H groups in total. The van der Waals surface area contributed by atoms with Gasteiger partial charge in [-0.2, -0.15) is 0 Å². The van der Waals surface area contributed by atoms with Gasteiger partial charge in [0, 0.05) is 48.5 Å². The van der Waals surface area contributed by atoms with Gasteiger partial charge in [0.25, 0.3) is 21.5 Å². The van der Waals surface area contributed by atoms with E-state index in [0.29, 0.717) is 38.0 Å².